The van der Waals surface area contributed by atoms with Crippen molar-refractivity contribution in [2.45, 2.75) is 83.6 Å². The summed E-state index contributed by atoms with van der Waals surface area (Å²) in [5.74, 6) is 0.0957. The molecule has 0 aromatic heterocycles. The number of benzene rings is 2. The standard InChI is InChI=1S/C27H34ClFN2O3/c1-15(32)14-34-26-10-8-23(16(2)17(26)3)18(4)31-21-6-7-22(31)13-20(12-21)30-27(33)19-5-9-25(29)24(28)11-19/h5,8-11,15,18,20-22,32H,6-7,12-14H2,1-4H3,(H,30,33)/t15-,18?,20?,21?,22?/m0/s1. The Labute approximate surface area is 206 Å². The van der Waals surface area contributed by atoms with E-state index < -0.39 is 11.9 Å². The number of aliphatic hydroxyl groups is 1. The van der Waals surface area contributed by atoms with Crippen LogP contribution in [-0.4, -0.2) is 46.7 Å². The second kappa shape index (κ2) is 10.2. The SMILES string of the molecule is Cc1c(OC[C@H](C)O)ccc(C(C)N2C3CCC2CC(NC(=O)c2ccc(F)c(Cl)c2)C3)c1C. The summed E-state index contributed by atoms with van der Waals surface area (Å²) in [6.07, 6.45) is 3.54. The van der Waals surface area contributed by atoms with E-state index in [0.717, 1.165) is 37.0 Å². The molecule has 2 saturated heterocycles. The third-order valence-electron chi connectivity index (χ3n) is 7.46. The van der Waals surface area contributed by atoms with E-state index in [1.807, 2.05) is 6.07 Å². The zero-order valence-electron chi connectivity index (χ0n) is 20.3. The molecule has 2 N–H and O–H groups in total. The van der Waals surface area contributed by atoms with E-state index in [0.29, 0.717) is 17.6 Å². The Morgan fingerprint density at radius 2 is 1.85 bits per heavy atom. The molecule has 2 aliphatic rings. The predicted octanol–water partition coefficient (Wildman–Crippen LogP) is 5.34. The average molecular weight is 489 g/mol. The molecule has 0 saturated carbocycles. The number of piperidine rings is 1. The second-order valence-electron chi connectivity index (χ2n) is 9.84. The van der Waals surface area contributed by atoms with Gasteiger partial charge in [0.15, 0.2) is 0 Å². The number of hydrogen-bond acceptors (Lipinski definition) is 4. The number of amides is 1. The summed E-state index contributed by atoms with van der Waals surface area (Å²) in [5.41, 5.74) is 4.01. The van der Waals surface area contributed by atoms with Crippen molar-refractivity contribution in [3.63, 3.8) is 0 Å². The first-order valence-electron chi connectivity index (χ1n) is 12.1. The van der Waals surface area contributed by atoms with E-state index in [2.05, 4.69) is 37.1 Å². The molecule has 0 spiro atoms. The molecule has 7 heteroatoms. The summed E-state index contributed by atoms with van der Waals surface area (Å²) >= 11 is 5.85. The Balaban J connectivity index is 1.44. The van der Waals surface area contributed by atoms with E-state index in [9.17, 15) is 14.3 Å². The number of halogens is 2. The van der Waals surface area contributed by atoms with Gasteiger partial charge in [0.25, 0.3) is 5.91 Å². The smallest absolute Gasteiger partial charge is 0.251 e. The van der Waals surface area contributed by atoms with Gasteiger partial charge in [0.2, 0.25) is 0 Å². The van der Waals surface area contributed by atoms with E-state index in [4.69, 9.17) is 16.3 Å². The van der Waals surface area contributed by atoms with E-state index in [1.165, 1.54) is 29.3 Å². The van der Waals surface area contributed by atoms with Crippen LogP contribution in [0.15, 0.2) is 30.3 Å². The van der Waals surface area contributed by atoms with E-state index >= 15 is 0 Å². The summed E-state index contributed by atoms with van der Waals surface area (Å²) in [4.78, 5) is 15.3. The van der Waals surface area contributed by atoms with Gasteiger partial charge in [-0.25, -0.2) is 4.39 Å². The fourth-order valence-corrected chi connectivity index (χ4v) is 5.85. The number of fused-ring (bicyclic) bond motifs is 2. The number of nitrogens with zero attached hydrogens (tertiary/aromatic N) is 1. The van der Waals surface area contributed by atoms with Gasteiger partial charge >= 0.3 is 0 Å². The van der Waals surface area contributed by atoms with Crippen LogP contribution in [0.25, 0.3) is 0 Å². The Bertz CT molecular complexity index is 1050. The molecule has 0 radical (unpaired) electrons. The molecule has 2 heterocycles. The lowest BCUT2D eigenvalue weighted by atomic mass is 9.91. The van der Waals surface area contributed by atoms with Gasteiger partial charge in [-0.15, -0.1) is 0 Å². The summed E-state index contributed by atoms with van der Waals surface area (Å²) in [6, 6.07) is 9.42. The zero-order chi connectivity index (χ0) is 24.6. The second-order valence-corrected chi connectivity index (χ2v) is 10.2. The van der Waals surface area contributed by atoms with Crippen LogP contribution in [0.5, 0.6) is 5.75 Å². The number of ether oxygens (including phenoxy) is 1. The van der Waals surface area contributed by atoms with Crippen LogP contribution in [0.4, 0.5) is 4.39 Å². The number of aliphatic hydroxyl groups excluding tert-OH is 1. The van der Waals surface area contributed by atoms with Gasteiger partial charge in [-0.2, -0.15) is 0 Å². The fraction of sp³-hybridized carbons (Fsp3) is 0.519. The van der Waals surface area contributed by atoms with Gasteiger partial charge in [-0.1, -0.05) is 17.7 Å². The third kappa shape index (κ3) is 5.09. The van der Waals surface area contributed by atoms with E-state index in [-0.39, 0.29) is 29.6 Å². The lowest BCUT2D eigenvalue weighted by Gasteiger charge is -2.43. The third-order valence-corrected chi connectivity index (χ3v) is 7.75. The van der Waals surface area contributed by atoms with E-state index in [1.54, 1.807) is 6.92 Å². The van der Waals surface area contributed by atoms with Crippen LogP contribution in [0, 0.1) is 19.7 Å². The summed E-state index contributed by atoms with van der Waals surface area (Å²) < 4.78 is 19.2. The number of rotatable bonds is 7. The highest BCUT2D eigenvalue weighted by molar-refractivity contribution is 6.31. The molecule has 2 bridgehead atoms. The van der Waals surface area contributed by atoms with Crippen LogP contribution in [0.2, 0.25) is 5.02 Å². The molecule has 4 rings (SSSR count). The molecule has 34 heavy (non-hydrogen) atoms. The molecular weight excluding hydrogens is 455 g/mol. The molecule has 2 fully saturated rings. The van der Waals surface area contributed by atoms with Gasteiger partial charge in [0.05, 0.1) is 11.1 Å². The molecule has 3 unspecified atom stereocenters. The minimum Gasteiger partial charge on any atom is -0.491 e. The van der Waals surface area contributed by atoms with Gasteiger partial charge < -0.3 is 15.2 Å². The highest BCUT2D eigenvalue weighted by atomic mass is 35.5. The molecule has 2 aromatic carbocycles. The number of nitrogens with one attached hydrogen (secondary N) is 1. The molecule has 1 amide bonds. The highest BCUT2D eigenvalue weighted by Crippen LogP contribution is 2.43. The maximum Gasteiger partial charge on any atom is 0.251 e. The van der Waals surface area contributed by atoms with Crippen molar-refractivity contribution in [1.82, 2.24) is 10.2 Å². The number of carbonyl (C=O) groups is 1. The molecule has 2 aliphatic heterocycles. The minimum atomic E-state index is -0.522. The zero-order valence-corrected chi connectivity index (χ0v) is 21.0. The molecule has 5 nitrogen and oxygen atoms in total. The van der Waals surface area contributed by atoms with Crippen molar-refractivity contribution in [2.75, 3.05) is 6.61 Å². The Morgan fingerprint density at radius 3 is 2.47 bits per heavy atom. The van der Waals surface area contributed by atoms with Gasteiger partial charge in [-0.3, -0.25) is 9.69 Å². The Kier molecular flexibility index (Phi) is 7.51. The van der Waals surface area contributed by atoms with Crippen LogP contribution in [0.1, 0.15) is 72.6 Å². The lowest BCUT2D eigenvalue weighted by Crippen LogP contribution is -2.51. The molecule has 0 aliphatic carbocycles. The molecule has 2 aromatic rings. The number of hydrogen-bond donors (Lipinski definition) is 2. The molecular formula is C27H34ClFN2O3. The van der Waals surface area contributed by atoms with Crippen molar-refractivity contribution >= 4 is 17.5 Å². The lowest BCUT2D eigenvalue weighted by molar-refractivity contribution is 0.0689. The summed E-state index contributed by atoms with van der Waals surface area (Å²) in [5, 5.41) is 12.6. The Morgan fingerprint density at radius 1 is 1.18 bits per heavy atom. The van der Waals surface area contributed by atoms with Crippen molar-refractivity contribution in [3.8, 4) is 5.75 Å². The normalized spacial score (nSPS) is 24.0. The first kappa shape index (κ1) is 25.0. The fourth-order valence-electron chi connectivity index (χ4n) is 5.67. The summed E-state index contributed by atoms with van der Waals surface area (Å²) in [6.45, 7) is 8.47. The average Bonchev–Trinajstić information content (AvgIpc) is 3.06. The van der Waals surface area contributed by atoms with Gasteiger partial charge in [0.1, 0.15) is 18.2 Å². The van der Waals surface area contributed by atoms with Crippen LogP contribution < -0.4 is 10.1 Å². The van der Waals surface area contributed by atoms with Gasteiger partial charge in [-0.05, 0) is 94.3 Å². The van der Waals surface area contributed by atoms with Crippen molar-refractivity contribution in [2.24, 2.45) is 0 Å². The minimum absolute atomic E-state index is 0.0377. The maximum atomic E-state index is 13.4. The van der Waals surface area contributed by atoms with Crippen molar-refractivity contribution in [3.05, 3.63) is 63.4 Å². The monoisotopic (exact) mass is 488 g/mol. The Hall–Kier alpha value is -2.15. The van der Waals surface area contributed by atoms with Gasteiger partial charge in [0, 0.05) is 29.7 Å². The highest BCUT2D eigenvalue weighted by Gasteiger charge is 2.43. The van der Waals surface area contributed by atoms with Crippen LogP contribution in [0.3, 0.4) is 0 Å². The topological polar surface area (TPSA) is 61.8 Å². The molecule has 184 valence electrons. The molecule has 4 atom stereocenters. The predicted molar refractivity (Wildman–Crippen MR) is 132 cm³/mol. The largest absolute Gasteiger partial charge is 0.491 e. The van der Waals surface area contributed by atoms with Crippen LogP contribution >= 0.6 is 11.6 Å². The van der Waals surface area contributed by atoms with Crippen molar-refractivity contribution < 1.29 is 19.0 Å². The first-order chi connectivity index (χ1) is 16.2. The maximum absolute atomic E-state index is 13.4. The quantitative estimate of drug-likeness (QED) is 0.552. The van der Waals surface area contributed by atoms with Crippen molar-refractivity contribution in [1.29, 1.82) is 0 Å². The number of carbonyl (C=O) groups excluding carboxylic acids is 1. The first-order valence-corrected chi connectivity index (χ1v) is 12.5. The summed E-state index contributed by atoms with van der Waals surface area (Å²) in [7, 11) is 0. The van der Waals surface area contributed by atoms with Crippen LogP contribution in [-0.2, 0) is 0 Å².